The molecule has 2 N–H and O–H groups in total. The maximum absolute atomic E-state index is 10.5. The van der Waals surface area contributed by atoms with Crippen LogP contribution in [-0.2, 0) is 19.5 Å². The number of primary sulfonamides is 1. The summed E-state index contributed by atoms with van der Waals surface area (Å²) in [5, 5.41) is 4.79. The highest BCUT2D eigenvalue weighted by molar-refractivity contribution is 7.89. The molecule has 0 aromatic heterocycles. The maximum Gasteiger partial charge on any atom is 0.211 e. The van der Waals surface area contributed by atoms with Crippen LogP contribution >= 0.6 is 0 Å². The quantitative estimate of drug-likeness (QED) is 0.563. The smallest absolute Gasteiger partial charge is 0.211 e. The normalized spacial score (nSPS) is 11.9. The largest absolute Gasteiger partial charge is 0.379 e. The summed E-state index contributed by atoms with van der Waals surface area (Å²) < 4.78 is 31.3. The molecule has 0 saturated carbocycles. The van der Waals surface area contributed by atoms with E-state index in [1.807, 2.05) is 0 Å². The molecule has 0 amide bonds. The number of unbranched alkanes of at least 4 members (excludes halogenated alkanes) is 2. The minimum atomic E-state index is -3.39. The van der Waals surface area contributed by atoms with E-state index in [1.165, 1.54) is 12.8 Å². The Balaban J connectivity index is 3.06. The molecule has 6 heteroatoms. The van der Waals surface area contributed by atoms with Crippen LogP contribution in [0.5, 0.6) is 0 Å². The highest BCUT2D eigenvalue weighted by Gasteiger charge is 2.01. The third-order valence-corrected chi connectivity index (χ3v) is 2.51. The van der Waals surface area contributed by atoms with E-state index < -0.39 is 10.0 Å². The number of rotatable bonds is 10. The van der Waals surface area contributed by atoms with Gasteiger partial charge in [0.25, 0.3) is 0 Å². The first kappa shape index (κ1) is 14.8. The molecule has 0 fully saturated rings. The molecule has 5 nitrogen and oxygen atoms in total. The van der Waals surface area contributed by atoms with Gasteiger partial charge in [-0.25, -0.2) is 13.6 Å². The lowest BCUT2D eigenvalue weighted by Gasteiger charge is -2.04. The van der Waals surface area contributed by atoms with E-state index in [0.717, 1.165) is 13.0 Å². The molecule has 0 unspecified atom stereocenters. The highest BCUT2D eigenvalue weighted by Crippen LogP contribution is 1.93. The van der Waals surface area contributed by atoms with Gasteiger partial charge in [-0.05, 0) is 6.42 Å². The van der Waals surface area contributed by atoms with Gasteiger partial charge in [0, 0.05) is 6.61 Å². The fourth-order valence-electron chi connectivity index (χ4n) is 0.951. The van der Waals surface area contributed by atoms with Gasteiger partial charge in [0.15, 0.2) is 0 Å². The molecule has 0 aromatic rings. The maximum atomic E-state index is 10.5. The molecule has 0 aliphatic heterocycles. The zero-order valence-electron chi connectivity index (χ0n) is 9.28. The monoisotopic (exact) mass is 239 g/mol. The van der Waals surface area contributed by atoms with Gasteiger partial charge in [0.2, 0.25) is 10.0 Å². The van der Waals surface area contributed by atoms with E-state index in [-0.39, 0.29) is 12.4 Å². The number of sulfonamides is 1. The lowest BCUT2D eigenvalue weighted by Crippen LogP contribution is -2.21. The highest BCUT2D eigenvalue weighted by atomic mass is 32.2. The van der Waals surface area contributed by atoms with Crippen molar-refractivity contribution in [2.45, 2.75) is 26.2 Å². The average molecular weight is 239 g/mol. The molecule has 0 radical (unpaired) electrons. The zero-order valence-corrected chi connectivity index (χ0v) is 10.1. The first-order valence-electron chi connectivity index (χ1n) is 5.22. The molecule has 15 heavy (non-hydrogen) atoms. The predicted molar refractivity (Wildman–Crippen MR) is 59.1 cm³/mol. The Morgan fingerprint density at radius 1 is 1.00 bits per heavy atom. The van der Waals surface area contributed by atoms with E-state index in [2.05, 4.69) is 6.92 Å². The molecular formula is C9H21NO4S. The van der Waals surface area contributed by atoms with Gasteiger partial charge in [-0.2, -0.15) is 0 Å². The van der Waals surface area contributed by atoms with Gasteiger partial charge in [0.05, 0.1) is 25.6 Å². The molecular weight excluding hydrogens is 218 g/mol. The van der Waals surface area contributed by atoms with E-state index in [4.69, 9.17) is 14.6 Å². The van der Waals surface area contributed by atoms with Crippen LogP contribution in [0.15, 0.2) is 0 Å². The van der Waals surface area contributed by atoms with E-state index >= 15 is 0 Å². The second kappa shape index (κ2) is 9.08. The second-order valence-corrected chi connectivity index (χ2v) is 5.03. The summed E-state index contributed by atoms with van der Waals surface area (Å²) in [7, 11) is -3.39. The summed E-state index contributed by atoms with van der Waals surface area (Å²) in [4.78, 5) is 0. The molecule has 0 heterocycles. The van der Waals surface area contributed by atoms with E-state index in [9.17, 15) is 8.42 Å². The summed E-state index contributed by atoms with van der Waals surface area (Å²) in [6.45, 7) is 3.94. The van der Waals surface area contributed by atoms with Crippen molar-refractivity contribution in [3.63, 3.8) is 0 Å². The van der Waals surface area contributed by atoms with Crippen LogP contribution in [0.2, 0.25) is 0 Å². The first-order valence-corrected chi connectivity index (χ1v) is 6.93. The summed E-state index contributed by atoms with van der Waals surface area (Å²) in [6, 6.07) is 0. The number of nitrogens with two attached hydrogens (primary N) is 1. The van der Waals surface area contributed by atoms with Crippen molar-refractivity contribution < 1.29 is 17.9 Å². The van der Waals surface area contributed by atoms with Crippen molar-refractivity contribution >= 4 is 10.0 Å². The summed E-state index contributed by atoms with van der Waals surface area (Å²) in [5.74, 6) is -0.136. The Labute approximate surface area is 92.0 Å². The standard InChI is InChI=1S/C9H21NO4S/c1-2-3-4-5-13-6-7-14-8-9-15(10,11)12/h2-9H2,1H3,(H2,10,11,12). The van der Waals surface area contributed by atoms with Crippen molar-refractivity contribution in [2.24, 2.45) is 5.14 Å². The summed E-state index contributed by atoms with van der Waals surface area (Å²) in [5.41, 5.74) is 0. The van der Waals surface area contributed by atoms with Gasteiger partial charge >= 0.3 is 0 Å². The fourth-order valence-corrected chi connectivity index (χ4v) is 1.30. The lowest BCUT2D eigenvalue weighted by atomic mass is 10.3. The van der Waals surface area contributed by atoms with Crippen molar-refractivity contribution in [1.29, 1.82) is 0 Å². The van der Waals surface area contributed by atoms with Crippen molar-refractivity contribution in [1.82, 2.24) is 0 Å². The van der Waals surface area contributed by atoms with Crippen molar-refractivity contribution in [3.8, 4) is 0 Å². The minimum absolute atomic E-state index is 0.136. The van der Waals surface area contributed by atoms with Crippen LogP contribution in [-0.4, -0.2) is 40.6 Å². The van der Waals surface area contributed by atoms with Crippen molar-refractivity contribution in [3.05, 3.63) is 0 Å². The van der Waals surface area contributed by atoms with Gasteiger partial charge in [0.1, 0.15) is 0 Å². The SMILES string of the molecule is CCCCCOCCOCCS(N)(=O)=O. The van der Waals surface area contributed by atoms with Gasteiger partial charge in [-0.1, -0.05) is 19.8 Å². The second-order valence-electron chi connectivity index (χ2n) is 3.30. The zero-order chi connectivity index (χ0) is 11.6. The number of ether oxygens (including phenoxy) is 2. The molecule has 0 bridgehead atoms. The molecule has 0 rings (SSSR count). The molecule has 0 saturated heterocycles. The van der Waals surface area contributed by atoms with Crippen LogP contribution in [0.3, 0.4) is 0 Å². The van der Waals surface area contributed by atoms with E-state index in [1.54, 1.807) is 0 Å². The number of hydrogen-bond donors (Lipinski definition) is 1. The molecule has 0 atom stereocenters. The average Bonchev–Trinajstić information content (AvgIpc) is 2.14. The van der Waals surface area contributed by atoms with Gasteiger partial charge in [-0.15, -0.1) is 0 Å². The first-order chi connectivity index (χ1) is 7.06. The molecule has 0 aliphatic carbocycles. The Morgan fingerprint density at radius 3 is 2.13 bits per heavy atom. The molecule has 92 valence electrons. The Hall–Kier alpha value is -0.170. The lowest BCUT2D eigenvalue weighted by molar-refractivity contribution is 0.0520. The van der Waals surface area contributed by atoms with Crippen LogP contribution < -0.4 is 5.14 Å². The fraction of sp³-hybridized carbons (Fsp3) is 1.00. The number of hydrogen-bond acceptors (Lipinski definition) is 4. The topological polar surface area (TPSA) is 78.6 Å². The minimum Gasteiger partial charge on any atom is -0.379 e. The van der Waals surface area contributed by atoms with Crippen LogP contribution in [0.4, 0.5) is 0 Å². The Morgan fingerprint density at radius 2 is 1.60 bits per heavy atom. The van der Waals surface area contributed by atoms with Gasteiger partial charge in [-0.3, -0.25) is 0 Å². The molecule has 0 spiro atoms. The van der Waals surface area contributed by atoms with E-state index in [0.29, 0.717) is 13.2 Å². The summed E-state index contributed by atoms with van der Waals surface area (Å²) >= 11 is 0. The Kier molecular flexibility index (Phi) is 8.98. The summed E-state index contributed by atoms with van der Waals surface area (Å²) in [6.07, 6.45) is 3.41. The third kappa shape index (κ3) is 13.8. The molecule has 0 aromatic carbocycles. The molecule has 0 aliphatic rings. The third-order valence-electron chi connectivity index (χ3n) is 1.78. The Bertz CT molecular complexity index is 228. The van der Waals surface area contributed by atoms with Crippen LogP contribution in [0, 0.1) is 0 Å². The van der Waals surface area contributed by atoms with Crippen molar-refractivity contribution in [2.75, 3.05) is 32.2 Å². The van der Waals surface area contributed by atoms with Gasteiger partial charge < -0.3 is 9.47 Å². The van der Waals surface area contributed by atoms with Crippen LogP contribution in [0.1, 0.15) is 26.2 Å². The predicted octanol–water partition coefficient (Wildman–Crippen LogP) is 0.498. The van der Waals surface area contributed by atoms with Crippen LogP contribution in [0.25, 0.3) is 0 Å².